The highest BCUT2D eigenvalue weighted by atomic mass is 127. The summed E-state index contributed by atoms with van der Waals surface area (Å²) in [6, 6.07) is 1.54. The monoisotopic (exact) mass is 328 g/mol. The predicted molar refractivity (Wildman–Crippen MR) is 51.3 cm³/mol. The van der Waals surface area contributed by atoms with Crippen molar-refractivity contribution < 1.29 is 4.92 Å². The van der Waals surface area contributed by atoms with E-state index in [9.17, 15) is 10.1 Å². The zero-order valence-electron chi connectivity index (χ0n) is 5.12. The summed E-state index contributed by atoms with van der Waals surface area (Å²) in [5.74, 6) is 0. The van der Waals surface area contributed by atoms with Crippen LogP contribution in [0.25, 0.3) is 0 Å². The van der Waals surface area contributed by atoms with Crippen LogP contribution in [0.1, 0.15) is 0 Å². The first-order valence-corrected chi connectivity index (χ1v) is 4.44. The van der Waals surface area contributed by atoms with Crippen LogP contribution in [-0.4, -0.2) is 9.91 Å². The number of pyridine rings is 1. The van der Waals surface area contributed by atoms with Crippen LogP contribution in [-0.2, 0) is 0 Å². The van der Waals surface area contributed by atoms with Gasteiger partial charge >= 0.3 is 5.69 Å². The van der Waals surface area contributed by atoms with Crippen molar-refractivity contribution in [2.75, 3.05) is 0 Å². The Morgan fingerprint density at radius 2 is 2.36 bits per heavy atom. The summed E-state index contributed by atoms with van der Waals surface area (Å²) in [7, 11) is 0. The Morgan fingerprint density at radius 1 is 1.73 bits per heavy atom. The zero-order valence-corrected chi connectivity index (χ0v) is 8.87. The Morgan fingerprint density at radius 3 is 2.73 bits per heavy atom. The quantitative estimate of drug-likeness (QED) is 0.344. The average Bonchev–Trinajstić information content (AvgIpc) is 1.85. The summed E-state index contributed by atoms with van der Waals surface area (Å²) < 4.78 is 0.851. The first-order valence-electron chi connectivity index (χ1n) is 2.57. The number of aromatic nitrogens is 1. The molecule has 0 aromatic carbocycles. The lowest BCUT2D eigenvalue weighted by atomic mass is 10.4. The third kappa shape index (κ3) is 1.86. The lowest BCUT2D eigenvalue weighted by molar-refractivity contribution is -0.387. The standard InChI is InChI=1S/C5H2BrIN2O2/c6-3-1-2-8-5(7)4(3)9(10)11/h1-2H. The van der Waals surface area contributed by atoms with Crippen LogP contribution >= 0.6 is 38.5 Å². The molecule has 0 aliphatic heterocycles. The second kappa shape index (κ2) is 3.44. The van der Waals surface area contributed by atoms with Gasteiger partial charge in [-0.1, -0.05) is 0 Å². The van der Waals surface area contributed by atoms with Crippen molar-refractivity contribution in [3.63, 3.8) is 0 Å². The fourth-order valence-corrected chi connectivity index (χ4v) is 2.04. The van der Waals surface area contributed by atoms with Crippen molar-refractivity contribution in [3.8, 4) is 0 Å². The molecule has 1 heterocycles. The lowest BCUT2D eigenvalue weighted by Gasteiger charge is -1.94. The number of rotatable bonds is 1. The summed E-state index contributed by atoms with van der Waals surface area (Å²) >= 11 is 4.88. The van der Waals surface area contributed by atoms with E-state index in [0.717, 1.165) is 0 Å². The Hall–Kier alpha value is -0.240. The summed E-state index contributed by atoms with van der Waals surface area (Å²) in [5.41, 5.74) is 0.0214. The largest absolute Gasteiger partial charge is 0.315 e. The highest BCUT2D eigenvalue weighted by Gasteiger charge is 2.16. The molecule has 0 aliphatic carbocycles. The maximum atomic E-state index is 10.4. The molecule has 6 heteroatoms. The van der Waals surface area contributed by atoms with E-state index < -0.39 is 4.92 Å². The number of nitrogens with zero attached hydrogens (tertiary/aromatic N) is 2. The molecule has 0 bridgehead atoms. The van der Waals surface area contributed by atoms with Crippen LogP contribution in [0, 0.1) is 13.8 Å². The summed E-state index contributed by atoms with van der Waals surface area (Å²) in [6.07, 6.45) is 1.51. The molecule has 0 saturated carbocycles. The average molecular weight is 329 g/mol. The fourth-order valence-electron chi connectivity index (χ4n) is 0.569. The van der Waals surface area contributed by atoms with Crippen molar-refractivity contribution in [2.45, 2.75) is 0 Å². The molecule has 11 heavy (non-hydrogen) atoms. The highest BCUT2D eigenvalue weighted by molar-refractivity contribution is 14.1. The Balaban J connectivity index is 3.32. The molecule has 1 rings (SSSR count). The Kier molecular flexibility index (Phi) is 2.77. The first-order chi connectivity index (χ1) is 5.13. The van der Waals surface area contributed by atoms with Crippen LogP contribution in [0.4, 0.5) is 5.69 Å². The molecule has 0 spiro atoms. The van der Waals surface area contributed by atoms with Gasteiger partial charge < -0.3 is 0 Å². The van der Waals surface area contributed by atoms with Gasteiger partial charge in [-0.15, -0.1) is 0 Å². The number of hydrogen-bond donors (Lipinski definition) is 0. The van der Waals surface area contributed by atoms with Gasteiger partial charge in [-0.25, -0.2) is 4.98 Å². The molecule has 0 atom stereocenters. The van der Waals surface area contributed by atoms with E-state index >= 15 is 0 Å². The molecule has 58 valence electrons. The van der Waals surface area contributed by atoms with Gasteiger partial charge in [0.05, 0.1) is 9.40 Å². The minimum absolute atomic E-state index is 0.0214. The minimum atomic E-state index is -0.459. The molecule has 0 unspecified atom stereocenters. The molecule has 0 saturated heterocycles. The van der Waals surface area contributed by atoms with Crippen molar-refractivity contribution in [3.05, 3.63) is 30.6 Å². The molecule has 0 N–H and O–H groups in total. The Labute approximate surface area is 84.4 Å². The molecule has 0 radical (unpaired) electrons. The summed E-state index contributed by atoms with van der Waals surface area (Å²) in [6.45, 7) is 0. The van der Waals surface area contributed by atoms with E-state index in [1.807, 2.05) is 22.6 Å². The zero-order chi connectivity index (χ0) is 8.43. The van der Waals surface area contributed by atoms with E-state index in [1.165, 1.54) is 6.20 Å². The molecule has 0 aliphatic rings. The summed E-state index contributed by atoms with van der Waals surface area (Å²) in [5, 5.41) is 10.4. The van der Waals surface area contributed by atoms with E-state index in [4.69, 9.17) is 0 Å². The van der Waals surface area contributed by atoms with Gasteiger partial charge in [-0.2, -0.15) is 0 Å². The molecular formula is C5H2BrIN2O2. The SMILES string of the molecule is O=[N+]([O-])c1c(Br)ccnc1I. The molecule has 0 amide bonds. The highest BCUT2D eigenvalue weighted by Crippen LogP contribution is 2.27. The van der Waals surface area contributed by atoms with Gasteiger partial charge in [0.2, 0.25) is 0 Å². The van der Waals surface area contributed by atoms with Gasteiger partial charge in [-0.05, 0) is 44.6 Å². The molecule has 1 aromatic heterocycles. The van der Waals surface area contributed by atoms with Crippen LogP contribution < -0.4 is 0 Å². The minimum Gasteiger partial charge on any atom is -0.258 e. The molecule has 1 aromatic rings. The number of nitro groups is 1. The van der Waals surface area contributed by atoms with Crippen LogP contribution in [0.2, 0.25) is 0 Å². The van der Waals surface area contributed by atoms with Gasteiger partial charge in [-0.3, -0.25) is 10.1 Å². The van der Waals surface area contributed by atoms with Gasteiger partial charge in [0.1, 0.15) is 0 Å². The number of hydrogen-bond acceptors (Lipinski definition) is 3. The van der Waals surface area contributed by atoms with E-state index in [2.05, 4.69) is 20.9 Å². The van der Waals surface area contributed by atoms with Crippen LogP contribution in [0.15, 0.2) is 16.7 Å². The van der Waals surface area contributed by atoms with Gasteiger partial charge in [0.25, 0.3) is 0 Å². The van der Waals surface area contributed by atoms with E-state index in [0.29, 0.717) is 8.17 Å². The summed E-state index contributed by atoms with van der Waals surface area (Å²) in [4.78, 5) is 13.7. The van der Waals surface area contributed by atoms with Crippen molar-refractivity contribution in [2.24, 2.45) is 0 Å². The molecule has 0 fully saturated rings. The van der Waals surface area contributed by atoms with E-state index in [-0.39, 0.29) is 5.69 Å². The van der Waals surface area contributed by atoms with Crippen molar-refractivity contribution in [1.29, 1.82) is 0 Å². The normalized spacial score (nSPS) is 9.64. The van der Waals surface area contributed by atoms with Crippen molar-refractivity contribution >= 4 is 44.2 Å². The van der Waals surface area contributed by atoms with Gasteiger partial charge in [0.15, 0.2) is 3.70 Å². The third-order valence-electron chi connectivity index (χ3n) is 1.01. The first kappa shape index (κ1) is 8.85. The van der Waals surface area contributed by atoms with Gasteiger partial charge in [0, 0.05) is 6.20 Å². The number of halogens is 2. The smallest absolute Gasteiger partial charge is 0.258 e. The predicted octanol–water partition coefficient (Wildman–Crippen LogP) is 2.36. The molecular weight excluding hydrogens is 327 g/mol. The third-order valence-corrected chi connectivity index (χ3v) is 2.44. The maximum absolute atomic E-state index is 10.4. The Bertz CT molecular complexity index is 284. The van der Waals surface area contributed by atoms with Crippen LogP contribution in [0.3, 0.4) is 0 Å². The fraction of sp³-hybridized carbons (Fsp3) is 0. The molecule has 4 nitrogen and oxygen atoms in total. The van der Waals surface area contributed by atoms with Crippen LogP contribution in [0.5, 0.6) is 0 Å². The second-order valence-corrected chi connectivity index (χ2v) is 3.57. The lowest BCUT2D eigenvalue weighted by Crippen LogP contribution is -1.94. The topological polar surface area (TPSA) is 56.0 Å². The van der Waals surface area contributed by atoms with E-state index in [1.54, 1.807) is 6.07 Å². The maximum Gasteiger partial charge on any atom is 0.315 e. The van der Waals surface area contributed by atoms with Crippen molar-refractivity contribution in [1.82, 2.24) is 4.98 Å². The second-order valence-electron chi connectivity index (χ2n) is 1.69.